The highest BCUT2D eigenvalue weighted by atomic mass is 32.2. The van der Waals surface area contributed by atoms with Gasteiger partial charge in [0.15, 0.2) is 0 Å². The average Bonchev–Trinajstić information content (AvgIpc) is 3.16. The van der Waals surface area contributed by atoms with E-state index in [0.717, 1.165) is 17.9 Å². The Morgan fingerprint density at radius 2 is 2.00 bits per heavy atom. The number of rotatable bonds is 10. The maximum Gasteiger partial charge on any atom is 0.344 e. The summed E-state index contributed by atoms with van der Waals surface area (Å²) in [5.74, 6) is -0.470. The van der Waals surface area contributed by atoms with Gasteiger partial charge in [0.2, 0.25) is 5.91 Å². The lowest BCUT2D eigenvalue weighted by molar-refractivity contribution is -0.117. The first kappa shape index (κ1) is 28.8. The van der Waals surface area contributed by atoms with Gasteiger partial charge in [-0.05, 0) is 39.4 Å². The summed E-state index contributed by atoms with van der Waals surface area (Å²) in [5.41, 5.74) is 7.95. The molecule has 0 fully saturated rings. The Balaban J connectivity index is 2.00. The molecule has 3 rings (SSSR count). The summed E-state index contributed by atoms with van der Waals surface area (Å²) in [6.45, 7) is 9.78. The zero-order valence-electron chi connectivity index (χ0n) is 22.0. The second kappa shape index (κ2) is 12.2. The minimum Gasteiger partial charge on any atom is -0.609 e. The first-order chi connectivity index (χ1) is 17.4. The van der Waals surface area contributed by atoms with Crippen molar-refractivity contribution in [3.05, 3.63) is 29.1 Å². The fourth-order valence-corrected chi connectivity index (χ4v) is 5.11. The Bertz CT molecular complexity index is 1270. The van der Waals surface area contributed by atoms with E-state index in [1.165, 1.54) is 6.26 Å². The van der Waals surface area contributed by atoms with E-state index >= 15 is 0 Å². The maximum absolute atomic E-state index is 12.9. The van der Waals surface area contributed by atoms with Crippen molar-refractivity contribution in [3.63, 3.8) is 0 Å². The third-order valence-electron chi connectivity index (χ3n) is 5.37. The summed E-state index contributed by atoms with van der Waals surface area (Å²) in [6, 6.07) is 7.17. The molecule has 2 aromatic heterocycles. The summed E-state index contributed by atoms with van der Waals surface area (Å²) < 4.78 is 17.4. The molecule has 1 aromatic carbocycles. The smallest absolute Gasteiger partial charge is 0.344 e. The zero-order valence-corrected chi connectivity index (χ0v) is 23.6. The molecule has 0 spiro atoms. The van der Waals surface area contributed by atoms with Gasteiger partial charge >= 0.3 is 5.16 Å². The van der Waals surface area contributed by atoms with Crippen LogP contribution in [0.1, 0.15) is 37.4 Å². The Labute approximate surface area is 224 Å². The number of ether oxygens (including phenoxy) is 1. The zero-order chi connectivity index (χ0) is 27.3. The van der Waals surface area contributed by atoms with Gasteiger partial charge in [0.1, 0.15) is 16.0 Å². The third kappa shape index (κ3) is 7.39. The molecule has 1 unspecified atom stereocenters. The molecule has 0 aliphatic rings. The number of amides is 2. The number of benzene rings is 1. The highest BCUT2D eigenvalue weighted by Gasteiger charge is 2.26. The summed E-state index contributed by atoms with van der Waals surface area (Å²) in [7, 11) is 1.63. The quantitative estimate of drug-likeness (QED) is 0.260. The molecule has 37 heavy (non-hydrogen) atoms. The predicted molar refractivity (Wildman–Crippen MR) is 149 cm³/mol. The number of hydrogen-bond acceptors (Lipinski definition) is 9. The lowest BCUT2D eigenvalue weighted by Crippen LogP contribution is -2.40. The van der Waals surface area contributed by atoms with E-state index in [-0.39, 0.29) is 29.2 Å². The predicted octanol–water partition coefficient (Wildman–Crippen LogP) is 3.11. The number of nitrogen functional groups attached to an aromatic ring is 1. The van der Waals surface area contributed by atoms with Crippen LogP contribution in [0.3, 0.4) is 0 Å². The largest absolute Gasteiger partial charge is 0.609 e. The van der Waals surface area contributed by atoms with Crippen molar-refractivity contribution >= 4 is 55.9 Å². The van der Waals surface area contributed by atoms with Crippen molar-refractivity contribution < 1.29 is 18.9 Å². The number of nitrogens with one attached hydrogen (secondary N) is 2. The number of anilines is 2. The van der Waals surface area contributed by atoms with Gasteiger partial charge in [-0.25, -0.2) is 0 Å². The number of aromatic nitrogens is 2. The van der Waals surface area contributed by atoms with Gasteiger partial charge in [-0.3, -0.25) is 14.5 Å². The highest BCUT2D eigenvalue weighted by molar-refractivity contribution is 7.90. The fraction of sp³-hybridized carbons (Fsp3) is 0.440. The van der Waals surface area contributed by atoms with E-state index in [4.69, 9.17) is 10.5 Å². The van der Waals surface area contributed by atoms with Gasteiger partial charge in [0.25, 0.3) is 5.91 Å². The van der Waals surface area contributed by atoms with E-state index in [1.54, 1.807) is 25.3 Å². The molecule has 0 radical (unpaired) electrons. The molecule has 2 amide bonds. The molecule has 0 bridgehead atoms. The third-order valence-corrected chi connectivity index (χ3v) is 7.16. The Kier molecular flexibility index (Phi) is 9.48. The van der Waals surface area contributed by atoms with Gasteiger partial charge in [-0.15, -0.1) is 11.3 Å². The molecule has 0 aliphatic heterocycles. The standard InChI is InChI=1S/C25H34N6O4S2/c1-7-31(11-12-35-5)14-17(32)27-16-10-8-9-15(13-16)20-18-19(26)21(22(33)30-25(2,3)4)36-23(18)29-24(28-20)37(6)34/h8-10,13H,7,11-12,14,26H2,1-6H3,(H,27,32)(H,30,33). The number of nitrogens with two attached hydrogens (primary N) is 1. The second-order valence-electron chi connectivity index (χ2n) is 9.53. The molecule has 3 aromatic rings. The van der Waals surface area contributed by atoms with Crippen LogP contribution in [0.25, 0.3) is 21.5 Å². The molecule has 12 heteroatoms. The number of hydrogen-bond donors (Lipinski definition) is 3. The summed E-state index contributed by atoms with van der Waals surface area (Å²) in [6.07, 6.45) is 1.49. The van der Waals surface area contributed by atoms with Crippen LogP contribution in [0, 0.1) is 0 Å². The van der Waals surface area contributed by atoms with Crippen LogP contribution in [-0.2, 0) is 20.7 Å². The molecule has 0 saturated heterocycles. The number of fused-ring (bicyclic) bond motifs is 1. The number of carbonyl (C=O) groups is 2. The van der Waals surface area contributed by atoms with E-state index in [1.807, 2.05) is 38.7 Å². The van der Waals surface area contributed by atoms with Crippen molar-refractivity contribution in [3.8, 4) is 11.3 Å². The van der Waals surface area contributed by atoms with Gasteiger partial charge < -0.3 is 25.7 Å². The number of thiophene rings is 1. The van der Waals surface area contributed by atoms with Crippen LogP contribution in [0.4, 0.5) is 11.4 Å². The second-order valence-corrected chi connectivity index (χ2v) is 11.8. The SMILES string of the molecule is CCN(CCOC)CC(=O)Nc1cccc(-c2nc([S+](C)[O-])nc3sc(C(=O)NC(C)(C)C)c(N)c23)c1. The van der Waals surface area contributed by atoms with Crippen LogP contribution in [0.15, 0.2) is 29.4 Å². The van der Waals surface area contributed by atoms with Crippen molar-refractivity contribution in [2.45, 2.75) is 38.4 Å². The van der Waals surface area contributed by atoms with Crippen LogP contribution in [-0.4, -0.2) is 76.4 Å². The molecule has 4 N–H and O–H groups in total. The van der Waals surface area contributed by atoms with Gasteiger partial charge in [0.05, 0.1) is 29.9 Å². The number of nitrogens with zero attached hydrogens (tertiary/aromatic N) is 3. The number of methoxy groups -OCH3 is 1. The number of carbonyl (C=O) groups excluding carboxylic acids is 2. The van der Waals surface area contributed by atoms with E-state index in [9.17, 15) is 14.1 Å². The monoisotopic (exact) mass is 546 g/mol. The van der Waals surface area contributed by atoms with E-state index in [2.05, 4.69) is 20.6 Å². The normalized spacial score (nSPS) is 12.6. The maximum atomic E-state index is 12.9. The molecular formula is C25H34N6O4S2. The number of likely N-dealkylation sites (N-methyl/N-ethyl adjacent to an activating group) is 1. The van der Waals surface area contributed by atoms with Gasteiger partial charge in [0, 0.05) is 41.6 Å². The summed E-state index contributed by atoms with van der Waals surface area (Å²) >= 11 is -0.325. The fourth-order valence-electron chi connectivity index (χ4n) is 3.62. The van der Waals surface area contributed by atoms with Crippen molar-refractivity contribution in [2.75, 3.05) is 50.7 Å². The van der Waals surface area contributed by atoms with E-state index in [0.29, 0.717) is 45.2 Å². The first-order valence-electron chi connectivity index (χ1n) is 11.8. The average molecular weight is 547 g/mol. The Morgan fingerprint density at radius 1 is 1.27 bits per heavy atom. The van der Waals surface area contributed by atoms with Gasteiger partial charge in [-0.1, -0.05) is 19.1 Å². The minimum absolute atomic E-state index is 0.137. The topological polar surface area (TPSA) is 146 Å². The summed E-state index contributed by atoms with van der Waals surface area (Å²) in [4.78, 5) is 37.3. The summed E-state index contributed by atoms with van der Waals surface area (Å²) in [5, 5.41) is 6.50. The Hall–Kier alpha value is -2.77. The van der Waals surface area contributed by atoms with Crippen LogP contribution < -0.4 is 16.4 Å². The van der Waals surface area contributed by atoms with Crippen LogP contribution in [0.5, 0.6) is 0 Å². The first-order valence-corrected chi connectivity index (χ1v) is 14.2. The highest BCUT2D eigenvalue weighted by Crippen LogP contribution is 2.39. The molecule has 200 valence electrons. The lowest BCUT2D eigenvalue weighted by atomic mass is 10.1. The molecule has 2 heterocycles. The molecule has 0 saturated carbocycles. The minimum atomic E-state index is -1.46. The van der Waals surface area contributed by atoms with Crippen molar-refractivity contribution in [2.24, 2.45) is 0 Å². The van der Waals surface area contributed by atoms with E-state index < -0.39 is 16.7 Å². The van der Waals surface area contributed by atoms with Crippen LogP contribution in [0.2, 0.25) is 0 Å². The molecule has 1 atom stereocenters. The van der Waals surface area contributed by atoms with Crippen LogP contribution >= 0.6 is 11.3 Å². The Morgan fingerprint density at radius 3 is 2.62 bits per heavy atom. The van der Waals surface area contributed by atoms with Gasteiger partial charge in [-0.2, -0.15) is 9.97 Å². The van der Waals surface area contributed by atoms with Crippen molar-refractivity contribution in [1.82, 2.24) is 20.2 Å². The van der Waals surface area contributed by atoms with Crippen molar-refractivity contribution in [1.29, 1.82) is 0 Å². The molecule has 10 nitrogen and oxygen atoms in total. The molecule has 0 aliphatic carbocycles. The molecular weight excluding hydrogens is 512 g/mol. The lowest BCUT2D eigenvalue weighted by Gasteiger charge is -2.20.